The molecule has 0 aromatic heterocycles. The Labute approximate surface area is 212 Å². The first kappa shape index (κ1) is 27.3. The zero-order valence-corrected chi connectivity index (χ0v) is 21.6. The molecular weight excluding hydrogens is 471 g/mol. The third-order valence-corrected chi connectivity index (χ3v) is 6.34. The average Bonchev–Trinajstić information content (AvgIpc) is 2.80. The van der Waals surface area contributed by atoms with Gasteiger partial charge in [-0.15, -0.1) is 0 Å². The van der Waals surface area contributed by atoms with Crippen molar-refractivity contribution in [3.63, 3.8) is 0 Å². The maximum atomic E-state index is 13.1. The molecular formula is C27H36F3N3OS. The summed E-state index contributed by atoms with van der Waals surface area (Å²) in [6, 6.07) is 11.7. The van der Waals surface area contributed by atoms with Gasteiger partial charge in [-0.2, -0.15) is 13.2 Å². The summed E-state index contributed by atoms with van der Waals surface area (Å²) in [6.07, 6.45) is -0.186. The minimum Gasteiger partial charge on any atom is -0.379 e. The van der Waals surface area contributed by atoms with E-state index in [1.54, 1.807) is 6.07 Å². The third kappa shape index (κ3) is 8.10. The zero-order valence-electron chi connectivity index (χ0n) is 20.8. The molecule has 2 aromatic rings. The van der Waals surface area contributed by atoms with Crippen LogP contribution in [-0.4, -0.2) is 42.4 Å². The van der Waals surface area contributed by atoms with Crippen molar-refractivity contribution in [3.05, 3.63) is 59.2 Å². The lowest BCUT2D eigenvalue weighted by atomic mass is 9.99. The molecule has 1 N–H and O–H groups in total. The summed E-state index contributed by atoms with van der Waals surface area (Å²) in [5.74, 6) is 0. The second-order valence-electron chi connectivity index (χ2n) is 9.26. The number of anilines is 2. The van der Waals surface area contributed by atoms with Crippen LogP contribution in [0.15, 0.2) is 42.5 Å². The molecule has 0 bridgehead atoms. The first-order chi connectivity index (χ1) is 16.7. The van der Waals surface area contributed by atoms with Crippen LogP contribution in [0.5, 0.6) is 0 Å². The molecule has 8 heteroatoms. The fourth-order valence-corrected chi connectivity index (χ4v) is 4.63. The number of thiocarbonyl (C=S) groups is 1. The van der Waals surface area contributed by atoms with Crippen LogP contribution in [0, 0.1) is 0 Å². The van der Waals surface area contributed by atoms with E-state index in [0.29, 0.717) is 30.5 Å². The summed E-state index contributed by atoms with van der Waals surface area (Å²) in [4.78, 5) is 4.46. The summed E-state index contributed by atoms with van der Waals surface area (Å²) < 4.78 is 45.1. The van der Waals surface area contributed by atoms with Crippen molar-refractivity contribution >= 4 is 28.7 Å². The van der Waals surface area contributed by atoms with Gasteiger partial charge < -0.3 is 19.9 Å². The van der Waals surface area contributed by atoms with Gasteiger partial charge in [0.15, 0.2) is 5.11 Å². The fourth-order valence-electron chi connectivity index (χ4n) is 4.35. The molecule has 2 aromatic carbocycles. The normalized spacial score (nSPS) is 13.6. The molecule has 1 aliphatic heterocycles. The molecule has 35 heavy (non-hydrogen) atoms. The van der Waals surface area contributed by atoms with Crippen LogP contribution in [0.2, 0.25) is 0 Å². The number of hydrogen-bond donors (Lipinski definition) is 1. The molecule has 0 saturated heterocycles. The Kier molecular flexibility index (Phi) is 9.80. The predicted octanol–water partition coefficient (Wildman–Crippen LogP) is 6.88. The lowest BCUT2D eigenvalue weighted by molar-refractivity contribution is -0.137. The van der Waals surface area contributed by atoms with E-state index in [1.807, 2.05) is 18.7 Å². The minimum atomic E-state index is -4.40. The van der Waals surface area contributed by atoms with Crippen molar-refractivity contribution in [1.29, 1.82) is 0 Å². The van der Waals surface area contributed by atoms with Crippen LogP contribution in [-0.2, 0) is 23.9 Å². The smallest absolute Gasteiger partial charge is 0.379 e. The molecule has 1 heterocycles. The Morgan fingerprint density at radius 1 is 1.20 bits per heavy atom. The topological polar surface area (TPSA) is 27.7 Å². The molecule has 3 rings (SSSR count). The van der Waals surface area contributed by atoms with E-state index >= 15 is 0 Å². The number of hydrogen-bond acceptors (Lipinski definition) is 3. The standard InChI is InChI=1S/C27H36F3N3OS/c1-4-13-32-14-6-8-22-17-21(11-12-25(22)32)19-33(15-7-16-34-20(2)3)26(35)31-24-10-5-9-23(18-24)27(28,29)30/h5,9-12,17-18,20H,4,6-8,13-16,19H2,1-3H3,(H,31,35). The maximum absolute atomic E-state index is 13.1. The van der Waals surface area contributed by atoms with Gasteiger partial charge in [-0.25, -0.2) is 0 Å². The van der Waals surface area contributed by atoms with Gasteiger partial charge in [-0.3, -0.25) is 0 Å². The van der Waals surface area contributed by atoms with Gasteiger partial charge >= 0.3 is 6.18 Å². The molecule has 4 nitrogen and oxygen atoms in total. The van der Waals surface area contributed by atoms with Gasteiger partial charge in [0.1, 0.15) is 0 Å². The van der Waals surface area contributed by atoms with Gasteiger partial charge in [0.25, 0.3) is 0 Å². The van der Waals surface area contributed by atoms with Gasteiger partial charge in [0, 0.05) is 44.2 Å². The van der Waals surface area contributed by atoms with Crippen molar-refractivity contribution in [3.8, 4) is 0 Å². The van der Waals surface area contributed by atoms with Crippen molar-refractivity contribution < 1.29 is 17.9 Å². The number of aryl methyl sites for hydroxylation is 1. The number of halogens is 3. The molecule has 0 spiro atoms. The summed E-state index contributed by atoms with van der Waals surface area (Å²) in [5.41, 5.74) is 3.42. The molecule has 0 saturated carbocycles. The van der Waals surface area contributed by atoms with E-state index in [9.17, 15) is 13.2 Å². The summed E-state index contributed by atoms with van der Waals surface area (Å²) >= 11 is 5.65. The highest BCUT2D eigenvalue weighted by atomic mass is 32.1. The highest BCUT2D eigenvalue weighted by molar-refractivity contribution is 7.80. The third-order valence-electron chi connectivity index (χ3n) is 5.98. The quantitative estimate of drug-likeness (QED) is 0.279. The van der Waals surface area contributed by atoms with Crippen molar-refractivity contribution in [2.75, 3.05) is 36.5 Å². The second-order valence-corrected chi connectivity index (χ2v) is 9.64. The lowest BCUT2D eigenvalue weighted by Crippen LogP contribution is -2.36. The zero-order chi connectivity index (χ0) is 25.4. The van der Waals surface area contributed by atoms with E-state index in [-0.39, 0.29) is 6.10 Å². The molecule has 0 radical (unpaired) electrons. The molecule has 0 amide bonds. The van der Waals surface area contributed by atoms with Crippen LogP contribution in [0.3, 0.4) is 0 Å². The molecule has 192 valence electrons. The molecule has 0 atom stereocenters. The highest BCUT2D eigenvalue weighted by Gasteiger charge is 2.30. The SMILES string of the molecule is CCCN1CCCc2cc(CN(CCCOC(C)C)C(=S)Nc3cccc(C(F)(F)F)c3)ccc21. The first-order valence-corrected chi connectivity index (χ1v) is 12.8. The number of fused-ring (bicyclic) bond motifs is 1. The molecule has 1 aliphatic rings. The molecule has 0 fully saturated rings. The van der Waals surface area contributed by atoms with Crippen LogP contribution in [0.25, 0.3) is 0 Å². The van der Waals surface area contributed by atoms with Gasteiger partial charge in [-0.05, 0) is 87.1 Å². The summed E-state index contributed by atoms with van der Waals surface area (Å²) in [5, 5.41) is 3.42. The van der Waals surface area contributed by atoms with Gasteiger partial charge in [0.2, 0.25) is 0 Å². The van der Waals surface area contributed by atoms with Crippen LogP contribution >= 0.6 is 12.2 Å². The Hall–Kier alpha value is -2.32. The van der Waals surface area contributed by atoms with Gasteiger partial charge in [0.05, 0.1) is 11.7 Å². The average molecular weight is 508 g/mol. The monoisotopic (exact) mass is 507 g/mol. The second kappa shape index (κ2) is 12.6. The lowest BCUT2D eigenvalue weighted by Gasteiger charge is -2.32. The van der Waals surface area contributed by atoms with E-state index in [4.69, 9.17) is 17.0 Å². The number of benzene rings is 2. The summed E-state index contributed by atoms with van der Waals surface area (Å²) in [7, 11) is 0. The van der Waals surface area contributed by atoms with E-state index in [2.05, 4.69) is 35.3 Å². The Bertz CT molecular complexity index is 980. The van der Waals surface area contributed by atoms with Crippen molar-refractivity contribution in [2.45, 2.75) is 65.3 Å². The maximum Gasteiger partial charge on any atom is 0.416 e. The Morgan fingerprint density at radius 3 is 2.71 bits per heavy atom. The van der Waals surface area contributed by atoms with Crippen molar-refractivity contribution in [1.82, 2.24) is 4.90 Å². The number of ether oxygens (including phenoxy) is 1. The van der Waals surface area contributed by atoms with Crippen molar-refractivity contribution in [2.24, 2.45) is 0 Å². The number of rotatable bonds is 10. The highest BCUT2D eigenvalue weighted by Crippen LogP contribution is 2.31. The van der Waals surface area contributed by atoms with Crippen LogP contribution in [0.1, 0.15) is 56.7 Å². The van der Waals surface area contributed by atoms with E-state index < -0.39 is 11.7 Å². The largest absolute Gasteiger partial charge is 0.416 e. The Balaban J connectivity index is 1.75. The number of alkyl halides is 3. The van der Waals surface area contributed by atoms with E-state index in [0.717, 1.165) is 56.5 Å². The Morgan fingerprint density at radius 2 is 2.00 bits per heavy atom. The molecule has 0 unspecified atom stereocenters. The van der Waals surface area contributed by atoms with Crippen LogP contribution in [0.4, 0.5) is 24.5 Å². The molecule has 0 aliphatic carbocycles. The number of nitrogens with one attached hydrogen (secondary N) is 1. The van der Waals surface area contributed by atoms with Gasteiger partial charge in [-0.1, -0.05) is 25.1 Å². The van der Waals surface area contributed by atoms with Crippen LogP contribution < -0.4 is 10.2 Å². The fraction of sp³-hybridized carbons (Fsp3) is 0.519. The number of nitrogens with zero attached hydrogens (tertiary/aromatic N) is 2. The van der Waals surface area contributed by atoms with E-state index in [1.165, 1.54) is 17.3 Å². The first-order valence-electron chi connectivity index (χ1n) is 12.4. The predicted molar refractivity (Wildman–Crippen MR) is 141 cm³/mol. The summed E-state index contributed by atoms with van der Waals surface area (Å²) in [6.45, 7) is 10.1. The minimum absolute atomic E-state index is 0.144.